The van der Waals surface area contributed by atoms with Crippen LogP contribution in [-0.2, 0) is 0 Å². The van der Waals surface area contributed by atoms with Crippen LogP contribution in [0.5, 0.6) is 0 Å². The lowest BCUT2D eigenvalue weighted by Crippen LogP contribution is -2.42. The molecule has 1 saturated heterocycles. The molecule has 1 saturated carbocycles. The maximum atomic E-state index is 3.86. The first-order chi connectivity index (χ1) is 9.29. The van der Waals surface area contributed by atoms with E-state index in [0.29, 0.717) is 0 Å². The Balaban J connectivity index is 1.65. The Hall–Kier alpha value is -0.0800. The van der Waals surface area contributed by atoms with Crippen molar-refractivity contribution < 1.29 is 0 Å². The molecule has 2 heteroatoms. The van der Waals surface area contributed by atoms with Gasteiger partial charge in [-0.05, 0) is 58.0 Å². The van der Waals surface area contributed by atoms with E-state index in [9.17, 15) is 0 Å². The fraction of sp³-hybridized carbons (Fsp3) is 1.00. The van der Waals surface area contributed by atoms with Crippen molar-refractivity contribution in [3.63, 3.8) is 0 Å². The number of likely N-dealkylation sites (tertiary alicyclic amines) is 1. The number of nitrogens with zero attached hydrogens (tertiary/aromatic N) is 1. The number of nitrogens with one attached hydrogen (secondary N) is 1. The van der Waals surface area contributed by atoms with Crippen LogP contribution in [0.1, 0.15) is 71.6 Å². The van der Waals surface area contributed by atoms with Crippen molar-refractivity contribution in [1.29, 1.82) is 0 Å². The van der Waals surface area contributed by atoms with Gasteiger partial charge in [0.1, 0.15) is 0 Å². The summed E-state index contributed by atoms with van der Waals surface area (Å²) in [6.45, 7) is 8.58. The Bertz CT molecular complexity index is 235. The minimum Gasteiger partial charge on any atom is -0.312 e. The first-order valence-corrected chi connectivity index (χ1v) is 8.77. The summed E-state index contributed by atoms with van der Waals surface area (Å²) in [5.41, 5.74) is 0. The Morgan fingerprint density at radius 2 is 1.84 bits per heavy atom. The molecule has 1 heterocycles. The molecule has 2 fully saturated rings. The average Bonchev–Trinajstić information content (AvgIpc) is 2.86. The van der Waals surface area contributed by atoms with Crippen LogP contribution in [0, 0.1) is 5.92 Å². The second kappa shape index (κ2) is 8.26. The Kier molecular flexibility index (Phi) is 6.66. The highest BCUT2D eigenvalue weighted by Gasteiger charge is 2.21. The van der Waals surface area contributed by atoms with Crippen molar-refractivity contribution in [3.8, 4) is 0 Å². The van der Waals surface area contributed by atoms with Gasteiger partial charge in [0, 0.05) is 18.6 Å². The third kappa shape index (κ3) is 5.07. The lowest BCUT2D eigenvalue weighted by atomic mass is 9.95. The average molecular weight is 266 g/mol. The van der Waals surface area contributed by atoms with Crippen molar-refractivity contribution in [2.24, 2.45) is 5.92 Å². The molecular weight excluding hydrogens is 232 g/mol. The standard InChI is InChI=1S/C17H34N2/c1-3-7-16-8-6-9-17(11-10-16)18-14-15(2)19-12-4-5-13-19/h15-18H,3-14H2,1-2H3. The lowest BCUT2D eigenvalue weighted by Gasteiger charge is -2.26. The normalized spacial score (nSPS) is 31.3. The highest BCUT2D eigenvalue weighted by atomic mass is 15.2. The van der Waals surface area contributed by atoms with Crippen LogP contribution in [0.15, 0.2) is 0 Å². The second-order valence-corrected chi connectivity index (χ2v) is 6.86. The fourth-order valence-electron chi connectivity index (χ4n) is 3.93. The van der Waals surface area contributed by atoms with E-state index >= 15 is 0 Å². The molecule has 0 bridgehead atoms. The van der Waals surface area contributed by atoms with E-state index in [1.807, 2.05) is 0 Å². The van der Waals surface area contributed by atoms with Gasteiger partial charge >= 0.3 is 0 Å². The predicted molar refractivity (Wildman–Crippen MR) is 83.5 cm³/mol. The van der Waals surface area contributed by atoms with Crippen LogP contribution < -0.4 is 5.32 Å². The minimum absolute atomic E-state index is 0.734. The maximum absolute atomic E-state index is 3.86. The predicted octanol–water partition coefficient (Wildman–Crippen LogP) is 3.81. The Morgan fingerprint density at radius 3 is 2.58 bits per heavy atom. The van der Waals surface area contributed by atoms with E-state index < -0.39 is 0 Å². The molecule has 0 spiro atoms. The van der Waals surface area contributed by atoms with E-state index in [1.165, 1.54) is 77.4 Å². The fourth-order valence-corrected chi connectivity index (χ4v) is 3.93. The highest BCUT2D eigenvalue weighted by molar-refractivity contribution is 4.79. The molecule has 2 aliphatic rings. The molecule has 2 rings (SSSR count). The zero-order chi connectivity index (χ0) is 13.5. The van der Waals surface area contributed by atoms with Gasteiger partial charge < -0.3 is 5.32 Å². The zero-order valence-corrected chi connectivity index (χ0v) is 13.2. The minimum atomic E-state index is 0.734. The number of rotatable bonds is 6. The topological polar surface area (TPSA) is 15.3 Å². The molecule has 1 aliphatic heterocycles. The second-order valence-electron chi connectivity index (χ2n) is 6.86. The molecule has 19 heavy (non-hydrogen) atoms. The van der Waals surface area contributed by atoms with Gasteiger partial charge in [0.15, 0.2) is 0 Å². The summed E-state index contributed by atoms with van der Waals surface area (Å²) in [6.07, 6.45) is 12.9. The van der Waals surface area contributed by atoms with E-state index in [0.717, 1.165) is 18.0 Å². The van der Waals surface area contributed by atoms with E-state index in [2.05, 4.69) is 24.1 Å². The third-order valence-electron chi connectivity index (χ3n) is 5.25. The van der Waals surface area contributed by atoms with Crippen LogP contribution in [-0.4, -0.2) is 36.6 Å². The van der Waals surface area contributed by atoms with E-state index in [-0.39, 0.29) is 0 Å². The SMILES string of the molecule is CCCC1CCCC(NCC(C)N2CCCC2)CC1. The van der Waals surface area contributed by atoms with Gasteiger partial charge in [-0.15, -0.1) is 0 Å². The number of hydrogen-bond acceptors (Lipinski definition) is 2. The molecule has 0 aromatic heterocycles. The van der Waals surface area contributed by atoms with Gasteiger partial charge in [0.05, 0.1) is 0 Å². The van der Waals surface area contributed by atoms with Crippen molar-refractivity contribution >= 4 is 0 Å². The summed E-state index contributed by atoms with van der Waals surface area (Å²) >= 11 is 0. The summed E-state index contributed by atoms with van der Waals surface area (Å²) in [5.74, 6) is 1.02. The van der Waals surface area contributed by atoms with Crippen molar-refractivity contribution in [1.82, 2.24) is 10.2 Å². The summed E-state index contributed by atoms with van der Waals surface area (Å²) in [6, 6.07) is 1.53. The zero-order valence-electron chi connectivity index (χ0n) is 13.2. The molecule has 0 radical (unpaired) electrons. The molecule has 1 N–H and O–H groups in total. The van der Waals surface area contributed by atoms with Crippen LogP contribution in [0.4, 0.5) is 0 Å². The monoisotopic (exact) mass is 266 g/mol. The molecule has 1 aliphatic carbocycles. The molecule has 3 unspecified atom stereocenters. The highest BCUT2D eigenvalue weighted by Crippen LogP contribution is 2.26. The van der Waals surface area contributed by atoms with Crippen LogP contribution in [0.3, 0.4) is 0 Å². The quantitative estimate of drug-likeness (QED) is 0.736. The van der Waals surface area contributed by atoms with Gasteiger partial charge in [0.25, 0.3) is 0 Å². The van der Waals surface area contributed by atoms with Gasteiger partial charge in [-0.25, -0.2) is 0 Å². The lowest BCUT2D eigenvalue weighted by molar-refractivity contribution is 0.242. The van der Waals surface area contributed by atoms with Gasteiger partial charge in [0.2, 0.25) is 0 Å². The smallest absolute Gasteiger partial charge is 0.0192 e. The molecular formula is C17H34N2. The van der Waals surface area contributed by atoms with Crippen LogP contribution in [0.25, 0.3) is 0 Å². The summed E-state index contributed by atoms with van der Waals surface area (Å²) < 4.78 is 0. The van der Waals surface area contributed by atoms with Crippen molar-refractivity contribution in [2.75, 3.05) is 19.6 Å². The van der Waals surface area contributed by atoms with E-state index in [1.54, 1.807) is 0 Å². The first kappa shape index (κ1) is 15.3. The van der Waals surface area contributed by atoms with Gasteiger partial charge in [-0.3, -0.25) is 4.90 Å². The molecule has 3 atom stereocenters. The summed E-state index contributed by atoms with van der Waals surface area (Å²) in [7, 11) is 0. The van der Waals surface area contributed by atoms with Crippen molar-refractivity contribution in [2.45, 2.75) is 83.7 Å². The summed E-state index contributed by atoms with van der Waals surface area (Å²) in [5, 5.41) is 3.86. The molecule has 0 amide bonds. The largest absolute Gasteiger partial charge is 0.312 e. The summed E-state index contributed by atoms with van der Waals surface area (Å²) in [4.78, 5) is 2.66. The number of hydrogen-bond donors (Lipinski definition) is 1. The molecule has 2 nitrogen and oxygen atoms in total. The third-order valence-corrected chi connectivity index (χ3v) is 5.25. The van der Waals surface area contributed by atoms with E-state index in [4.69, 9.17) is 0 Å². The van der Waals surface area contributed by atoms with Crippen LogP contribution in [0.2, 0.25) is 0 Å². The maximum Gasteiger partial charge on any atom is 0.0192 e. The van der Waals surface area contributed by atoms with Crippen molar-refractivity contribution in [3.05, 3.63) is 0 Å². The Labute approximate surface area is 120 Å². The Morgan fingerprint density at radius 1 is 1.05 bits per heavy atom. The van der Waals surface area contributed by atoms with Crippen LogP contribution >= 0.6 is 0 Å². The molecule has 112 valence electrons. The molecule has 0 aromatic carbocycles. The molecule has 0 aromatic rings. The van der Waals surface area contributed by atoms with Gasteiger partial charge in [-0.2, -0.15) is 0 Å². The van der Waals surface area contributed by atoms with Gasteiger partial charge in [-0.1, -0.05) is 32.6 Å². The first-order valence-electron chi connectivity index (χ1n) is 8.77.